The zero-order valence-electron chi connectivity index (χ0n) is 10.1. The number of fused-ring (bicyclic) bond motifs is 2. The molecule has 20 heavy (non-hydrogen) atoms. The summed E-state index contributed by atoms with van der Waals surface area (Å²) in [6.07, 6.45) is 2.92. The van der Waals surface area contributed by atoms with Crippen molar-refractivity contribution in [1.29, 1.82) is 5.26 Å². The van der Waals surface area contributed by atoms with Gasteiger partial charge < -0.3 is 0 Å². The van der Waals surface area contributed by atoms with Crippen LogP contribution in [0.3, 0.4) is 0 Å². The Morgan fingerprint density at radius 3 is 2.95 bits per heavy atom. The van der Waals surface area contributed by atoms with Gasteiger partial charge in [0.1, 0.15) is 23.1 Å². The van der Waals surface area contributed by atoms with Crippen molar-refractivity contribution < 1.29 is 0 Å². The highest BCUT2D eigenvalue weighted by atomic mass is 32.1. The fourth-order valence-corrected chi connectivity index (χ4v) is 3.05. The van der Waals surface area contributed by atoms with Crippen molar-refractivity contribution in [2.24, 2.45) is 0 Å². The van der Waals surface area contributed by atoms with Gasteiger partial charge in [-0.05, 0) is 12.1 Å². The molecule has 1 aromatic carbocycles. The van der Waals surface area contributed by atoms with E-state index in [0.29, 0.717) is 17.0 Å². The number of nitriles is 1. The minimum Gasteiger partial charge on any atom is -0.234 e. The molecule has 0 saturated carbocycles. The van der Waals surface area contributed by atoms with Crippen LogP contribution in [0.5, 0.6) is 0 Å². The highest BCUT2D eigenvalue weighted by molar-refractivity contribution is 7.21. The molecule has 7 heteroatoms. The average Bonchev–Trinajstić information content (AvgIpc) is 3.11. The molecule has 94 valence electrons. The Bertz CT molecular complexity index is 944. The second kappa shape index (κ2) is 4.08. The van der Waals surface area contributed by atoms with Crippen molar-refractivity contribution in [2.75, 3.05) is 0 Å². The van der Waals surface area contributed by atoms with Gasteiger partial charge in [0.2, 0.25) is 0 Å². The maximum absolute atomic E-state index is 9.28. The van der Waals surface area contributed by atoms with Gasteiger partial charge in [0, 0.05) is 0 Å². The van der Waals surface area contributed by atoms with Crippen LogP contribution < -0.4 is 0 Å². The first-order chi connectivity index (χ1) is 9.86. The van der Waals surface area contributed by atoms with E-state index in [0.717, 1.165) is 15.2 Å². The fourth-order valence-electron chi connectivity index (χ4n) is 2.04. The van der Waals surface area contributed by atoms with E-state index in [4.69, 9.17) is 0 Å². The van der Waals surface area contributed by atoms with E-state index < -0.39 is 0 Å². The fraction of sp³-hybridized carbons (Fsp3) is 0. The minimum atomic E-state index is 0.432. The first-order valence-corrected chi connectivity index (χ1v) is 6.63. The van der Waals surface area contributed by atoms with Gasteiger partial charge in [-0.1, -0.05) is 12.1 Å². The van der Waals surface area contributed by atoms with E-state index in [1.54, 1.807) is 4.52 Å². The summed E-state index contributed by atoms with van der Waals surface area (Å²) in [6.45, 7) is 0. The van der Waals surface area contributed by atoms with Gasteiger partial charge in [-0.15, -0.1) is 11.3 Å². The number of hydrogen-bond donors (Lipinski definition) is 0. The summed E-state index contributed by atoms with van der Waals surface area (Å²) in [7, 11) is 0. The van der Waals surface area contributed by atoms with Crippen molar-refractivity contribution in [1.82, 2.24) is 24.6 Å². The number of thiazole rings is 1. The third-order valence-electron chi connectivity index (χ3n) is 2.92. The standard InChI is InChI=1S/C13H6N6S/c14-5-8-6-15-13-16-7-17-19(13)11(8)12-18-9-3-1-2-4-10(9)20-12/h1-4,6-7H. The molecule has 0 aliphatic heterocycles. The monoisotopic (exact) mass is 278 g/mol. The Balaban J connectivity index is 2.10. The highest BCUT2D eigenvalue weighted by Gasteiger charge is 2.16. The number of para-hydroxylation sites is 1. The van der Waals surface area contributed by atoms with Crippen molar-refractivity contribution in [3.05, 3.63) is 42.4 Å². The second-order valence-electron chi connectivity index (χ2n) is 4.09. The maximum Gasteiger partial charge on any atom is 0.252 e. The molecule has 0 fully saturated rings. The summed E-state index contributed by atoms with van der Waals surface area (Å²) in [6, 6.07) is 9.99. The summed E-state index contributed by atoms with van der Waals surface area (Å²) in [4.78, 5) is 12.7. The van der Waals surface area contributed by atoms with Crippen LogP contribution in [-0.2, 0) is 0 Å². The minimum absolute atomic E-state index is 0.432. The molecule has 0 atom stereocenters. The normalized spacial score (nSPS) is 10.9. The van der Waals surface area contributed by atoms with Crippen LogP contribution in [0.25, 0.3) is 26.7 Å². The summed E-state index contributed by atoms with van der Waals surface area (Å²) in [5, 5.41) is 14.1. The molecule has 0 unspecified atom stereocenters. The molecule has 0 aliphatic rings. The van der Waals surface area contributed by atoms with E-state index in [9.17, 15) is 5.26 Å². The molecular formula is C13H6N6S. The van der Waals surface area contributed by atoms with Crippen LogP contribution in [0.15, 0.2) is 36.8 Å². The maximum atomic E-state index is 9.28. The molecule has 0 saturated heterocycles. The largest absolute Gasteiger partial charge is 0.252 e. The van der Waals surface area contributed by atoms with Crippen LogP contribution in [0.4, 0.5) is 0 Å². The molecule has 0 bridgehead atoms. The van der Waals surface area contributed by atoms with Gasteiger partial charge in [-0.25, -0.2) is 9.97 Å². The Labute approximate surface area is 117 Å². The number of benzene rings is 1. The predicted octanol–water partition coefficient (Wildman–Crippen LogP) is 2.27. The molecular weight excluding hydrogens is 272 g/mol. The van der Waals surface area contributed by atoms with Crippen LogP contribution in [0.2, 0.25) is 0 Å². The second-order valence-corrected chi connectivity index (χ2v) is 5.12. The molecule has 3 heterocycles. The van der Waals surface area contributed by atoms with Gasteiger partial charge in [0.25, 0.3) is 5.78 Å². The average molecular weight is 278 g/mol. The first kappa shape index (κ1) is 11.0. The summed E-state index contributed by atoms with van der Waals surface area (Å²) < 4.78 is 2.62. The Kier molecular flexibility index (Phi) is 2.25. The van der Waals surface area contributed by atoms with Gasteiger partial charge in [-0.3, -0.25) is 0 Å². The van der Waals surface area contributed by atoms with Gasteiger partial charge in [0.15, 0.2) is 0 Å². The van der Waals surface area contributed by atoms with Crippen LogP contribution in [0, 0.1) is 11.3 Å². The lowest BCUT2D eigenvalue weighted by Gasteiger charge is -2.01. The molecule has 0 radical (unpaired) electrons. The molecule has 0 amide bonds. The number of rotatable bonds is 1. The Morgan fingerprint density at radius 1 is 1.20 bits per heavy atom. The molecule has 3 aromatic heterocycles. The molecule has 4 aromatic rings. The Morgan fingerprint density at radius 2 is 2.10 bits per heavy atom. The third-order valence-corrected chi connectivity index (χ3v) is 3.97. The molecule has 4 rings (SSSR count). The van der Waals surface area contributed by atoms with E-state index in [1.165, 1.54) is 23.9 Å². The zero-order valence-corrected chi connectivity index (χ0v) is 10.9. The number of nitrogens with zero attached hydrogens (tertiary/aromatic N) is 6. The topological polar surface area (TPSA) is 79.8 Å². The molecule has 0 N–H and O–H groups in total. The smallest absolute Gasteiger partial charge is 0.234 e. The van der Waals surface area contributed by atoms with Crippen LogP contribution >= 0.6 is 11.3 Å². The number of hydrogen-bond acceptors (Lipinski definition) is 6. The van der Waals surface area contributed by atoms with Crippen molar-refractivity contribution in [2.45, 2.75) is 0 Å². The van der Waals surface area contributed by atoms with E-state index in [1.807, 2.05) is 24.3 Å². The lowest BCUT2D eigenvalue weighted by Crippen LogP contribution is -1.99. The SMILES string of the molecule is N#Cc1cnc2ncnn2c1-c1nc2ccccc2s1. The van der Waals surface area contributed by atoms with E-state index in [-0.39, 0.29) is 0 Å². The molecule has 0 aliphatic carbocycles. The molecule has 0 spiro atoms. The first-order valence-electron chi connectivity index (χ1n) is 5.81. The van der Waals surface area contributed by atoms with Crippen LogP contribution in [0.1, 0.15) is 5.56 Å². The summed E-state index contributed by atoms with van der Waals surface area (Å²) in [5.74, 6) is 0.457. The zero-order chi connectivity index (χ0) is 13.5. The lowest BCUT2D eigenvalue weighted by molar-refractivity contribution is 0.942. The predicted molar refractivity (Wildman–Crippen MR) is 74.1 cm³/mol. The van der Waals surface area contributed by atoms with E-state index >= 15 is 0 Å². The Hall–Kier alpha value is -2.85. The lowest BCUT2D eigenvalue weighted by atomic mass is 10.2. The van der Waals surface area contributed by atoms with Crippen molar-refractivity contribution in [3.63, 3.8) is 0 Å². The third kappa shape index (κ3) is 1.49. The van der Waals surface area contributed by atoms with Gasteiger partial charge in [0.05, 0.1) is 22.0 Å². The summed E-state index contributed by atoms with van der Waals surface area (Å²) in [5.41, 5.74) is 1.97. The van der Waals surface area contributed by atoms with Crippen molar-refractivity contribution in [3.8, 4) is 16.8 Å². The highest BCUT2D eigenvalue weighted by Crippen LogP contribution is 2.31. The van der Waals surface area contributed by atoms with E-state index in [2.05, 4.69) is 26.1 Å². The summed E-state index contributed by atoms with van der Waals surface area (Å²) >= 11 is 1.52. The quantitative estimate of drug-likeness (QED) is 0.533. The van der Waals surface area contributed by atoms with Gasteiger partial charge >= 0.3 is 0 Å². The molecule has 6 nitrogen and oxygen atoms in total. The van der Waals surface area contributed by atoms with Crippen LogP contribution in [-0.4, -0.2) is 24.6 Å². The number of aromatic nitrogens is 5. The van der Waals surface area contributed by atoms with Crippen molar-refractivity contribution >= 4 is 27.3 Å². The van der Waals surface area contributed by atoms with Gasteiger partial charge in [-0.2, -0.15) is 19.9 Å².